The monoisotopic (exact) mass is 382 g/mol. The fourth-order valence-electron chi connectivity index (χ4n) is 3.05. The first-order chi connectivity index (χ1) is 11.0. The third-order valence-corrected chi connectivity index (χ3v) is 5.15. The Morgan fingerprint density at radius 3 is 2.74 bits per heavy atom. The summed E-state index contributed by atoms with van der Waals surface area (Å²) in [4.78, 5) is 14.5. The number of benzene rings is 1. The topological polar surface area (TPSA) is 41.6 Å². The first-order valence-electron chi connectivity index (χ1n) is 8.34. The van der Waals surface area contributed by atoms with Crippen LogP contribution in [0.15, 0.2) is 22.7 Å². The van der Waals surface area contributed by atoms with Gasteiger partial charge in [0.1, 0.15) is 5.75 Å². The molecule has 1 N–H and O–H groups in total. The number of likely N-dealkylation sites (N-methyl/N-ethyl adjacent to an activating group) is 1. The molecule has 0 aromatic heterocycles. The minimum atomic E-state index is -0.166. The van der Waals surface area contributed by atoms with E-state index in [9.17, 15) is 4.79 Å². The smallest absolute Gasteiger partial charge is 0.237 e. The fraction of sp³-hybridized carbons (Fsp3) is 0.611. The first kappa shape index (κ1) is 18.3. The summed E-state index contributed by atoms with van der Waals surface area (Å²) in [7, 11) is 3.65. The minimum absolute atomic E-state index is 0.119. The highest BCUT2D eigenvalue weighted by Gasteiger charge is 2.23. The van der Waals surface area contributed by atoms with Crippen LogP contribution >= 0.6 is 15.9 Å². The molecule has 1 aromatic rings. The van der Waals surface area contributed by atoms with Crippen molar-refractivity contribution in [2.45, 2.75) is 57.7 Å². The lowest BCUT2D eigenvalue weighted by Crippen LogP contribution is -2.47. The summed E-state index contributed by atoms with van der Waals surface area (Å²) in [5.41, 5.74) is 1.07. The van der Waals surface area contributed by atoms with E-state index in [0.29, 0.717) is 12.6 Å². The Hall–Kier alpha value is -1.07. The average Bonchev–Trinajstić information content (AvgIpc) is 2.55. The Balaban J connectivity index is 1.94. The highest BCUT2D eigenvalue weighted by atomic mass is 79.9. The number of ether oxygens (including phenoxy) is 1. The van der Waals surface area contributed by atoms with Gasteiger partial charge in [0, 0.05) is 22.6 Å². The molecule has 1 aliphatic rings. The summed E-state index contributed by atoms with van der Waals surface area (Å²) >= 11 is 3.49. The van der Waals surface area contributed by atoms with Crippen LogP contribution in [0.5, 0.6) is 5.75 Å². The largest absolute Gasteiger partial charge is 0.496 e. The quantitative estimate of drug-likeness (QED) is 0.814. The van der Waals surface area contributed by atoms with E-state index in [2.05, 4.69) is 26.1 Å². The molecule has 2 rings (SSSR count). The summed E-state index contributed by atoms with van der Waals surface area (Å²) in [6, 6.07) is 6.14. The predicted molar refractivity (Wildman–Crippen MR) is 96.6 cm³/mol. The number of methoxy groups -OCH3 is 1. The lowest BCUT2D eigenvalue weighted by Gasteiger charge is -2.28. The maximum Gasteiger partial charge on any atom is 0.237 e. The number of nitrogens with zero attached hydrogens (tertiary/aromatic N) is 1. The summed E-state index contributed by atoms with van der Waals surface area (Å²) in [5.74, 6) is 0.966. The molecule has 1 saturated carbocycles. The van der Waals surface area contributed by atoms with Gasteiger partial charge in [-0.25, -0.2) is 0 Å². The second kappa shape index (κ2) is 8.69. The van der Waals surface area contributed by atoms with E-state index in [0.717, 1.165) is 28.6 Å². The highest BCUT2D eigenvalue weighted by molar-refractivity contribution is 9.10. The van der Waals surface area contributed by atoms with Gasteiger partial charge in [0.05, 0.1) is 13.2 Å². The van der Waals surface area contributed by atoms with Gasteiger partial charge in [-0.15, -0.1) is 0 Å². The molecule has 1 atom stereocenters. The van der Waals surface area contributed by atoms with Crippen molar-refractivity contribution >= 4 is 21.8 Å². The SMILES string of the molecule is COc1ccc(Br)cc1CN(C)[C@@H](C)C(=O)NC1CCCCC1. The number of amides is 1. The second-order valence-electron chi connectivity index (χ2n) is 6.39. The maximum atomic E-state index is 12.5. The van der Waals surface area contributed by atoms with Gasteiger partial charge in [-0.2, -0.15) is 0 Å². The molecular formula is C18H27BrN2O2. The average molecular weight is 383 g/mol. The van der Waals surface area contributed by atoms with Crippen molar-refractivity contribution in [3.8, 4) is 5.75 Å². The summed E-state index contributed by atoms with van der Waals surface area (Å²) in [5, 5.41) is 3.20. The molecule has 23 heavy (non-hydrogen) atoms. The zero-order chi connectivity index (χ0) is 16.8. The van der Waals surface area contributed by atoms with Crippen molar-refractivity contribution in [2.75, 3.05) is 14.2 Å². The molecule has 128 valence electrons. The Morgan fingerprint density at radius 2 is 2.09 bits per heavy atom. The van der Waals surface area contributed by atoms with Gasteiger partial charge >= 0.3 is 0 Å². The molecule has 0 saturated heterocycles. The minimum Gasteiger partial charge on any atom is -0.496 e. The number of hydrogen-bond donors (Lipinski definition) is 1. The van der Waals surface area contributed by atoms with Crippen molar-refractivity contribution in [3.63, 3.8) is 0 Å². The third-order valence-electron chi connectivity index (χ3n) is 4.65. The lowest BCUT2D eigenvalue weighted by molar-refractivity contribution is -0.126. The van der Waals surface area contributed by atoms with Gasteiger partial charge in [0.25, 0.3) is 0 Å². The van der Waals surface area contributed by atoms with Gasteiger partial charge < -0.3 is 10.1 Å². The normalized spacial score (nSPS) is 17.1. The molecular weight excluding hydrogens is 356 g/mol. The Morgan fingerprint density at radius 1 is 1.39 bits per heavy atom. The highest BCUT2D eigenvalue weighted by Crippen LogP contribution is 2.24. The first-order valence-corrected chi connectivity index (χ1v) is 9.13. The van der Waals surface area contributed by atoms with Crippen molar-refractivity contribution in [2.24, 2.45) is 0 Å². The third kappa shape index (κ3) is 5.21. The van der Waals surface area contributed by atoms with Crippen LogP contribution in [0.4, 0.5) is 0 Å². The number of nitrogens with one attached hydrogen (secondary N) is 1. The molecule has 0 bridgehead atoms. The Kier molecular flexibility index (Phi) is 6.90. The van der Waals surface area contributed by atoms with Gasteiger partial charge in [0.2, 0.25) is 5.91 Å². The molecule has 1 amide bonds. The van der Waals surface area contributed by atoms with Crippen LogP contribution in [0, 0.1) is 0 Å². The van der Waals surface area contributed by atoms with Crippen molar-refractivity contribution in [3.05, 3.63) is 28.2 Å². The van der Waals surface area contributed by atoms with Crippen molar-refractivity contribution < 1.29 is 9.53 Å². The van der Waals surface area contributed by atoms with Gasteiger partial charge in [-0.3, -0.25) is 9.69 Å². The summed E-state index contributed by atoms with van der Waals surface area (Å²) < 4.78 is 6.43. The molecule has 1 aliphatic carbocycles. The molecule has 0 heterocycles. The summed E-state index contributed by atoms with van der Waals surface area (Å²) in [6.45, 7) is 2.63. The van der Waals surface area contributed by atoms with Gasteiger partial charge in [-0.05, 0) is 45.0 Å². The van der Waals surface area contributed by atoms with Crippen LogP contribution in [0.1, 0.15) is 44.6 Å². The van der Waals surface area contributed by atoms with Crippen LogP contribution in [0.3, 0.4) is 0 Å². The standard InChI is InChI=1S/C18H27BrN2O2/c1-13(18(22)20-16-7-5-4-6-8-16)21(2)12-14-11-15(19)9-10-17(14)23-3/h9-11,13,16H,4-8,12H2,1-3H3,(H,20,22)/t13-/m0/s1. The lowest BCUT2D eigenvalue weighted by atomic mass is 9.95. The van der Waals surface area contributed by atoms with Gasteiger partial charge in [0.15, 0.2) is 0 Å². The fourth-order valence-corrected chi connectivity index (χ4v) is 3.45. The second-order valence-corrected chi connectivity index (χ2v) is 7.31. The number of rotatable bonds is 6. The van der Waals surface area contributed by atoms with Crippen LogP contribution in [-0.2, 0) is 11.3 Å². The predicted octanol–water partition coefficient (Wildman–Crippen LogP) is 3.73. The molecule has 0 aliphatic heterocycles. The molecule has 0 radical (unpaired) electrons. The van der Waals surface area contributed by atoms with E-state index < -0.39 is 0 Å². The van der Waals surface area contributed by atoms with Crippen LogP contribution in [0.2, 0.25) is 0 Å². The molecule has 1 fully saturated rings. The zero-order valence-electron chi connectivity index (χ0n) is 14.3. The van der Waals surface area contributed by atoms with Crippen LogP contribution in [0.25, 0.3) is 0 Å². The Labute approximate surface area is 147 Å². The van der Waals surface area contributed by atoms with Crippen molar-refractivity contribution in [1.29, 1.82) is 0 Å². The van der Waals surface area contributed by atoms with Crippen LogP contribution in [-0.4, -0.2) is 37.0 Å². The van der Waals surface area contributed by atoms with E-state index in [4.69, 9.17) is 4.74 Å². The Bertz CT molecular complexity index is 530. The number of halogens is 1. The number of carbonyl (C=O) groups is 1. The van der Waals surface area contributed by atoms with Crippen LogP contribution < -0.4 is 10.1 Å². The van der Waals surface area contributed by atoms with E-state index in [1.807, 2.05) is 32.2 Å². The maximum absolute atomic E-state index is 12.5. The van der Waals surface area contributed by atoms with Crippen molar-refractivity contribution in [1.82, 2.24) is 10.2 Å². The molecule has 0 unspecified atom stereocenters. The zero-order valence-corrected chi connectivity index (χ0v) is 15.9. The summed E-state index contributed by atoms with van der Waals surface area (Å²) in [6.07, 6.45) is 5.97. The molecule has 5 heteroatoms. The van der Waals surface area contributed by atoms with E-state index in [-0.39, 0.29) is 11.9 Å². The number of carbonyl (C=O) groups excluding carboxylic acids is 1. The van der Waals surface area contributed by atoms with E-state index in [1.165, 1.54) is 19.3 Å². The molecule has 1 aromatic carbocycles. The van der Waals surface area contributed by atoms with E-state index >= 15 is 0 Å². The van der Waals surface area contributed by atoms with E-state index in [1.54, 1.807) is 7.11 Å². The van der Waals surface area contributed by atoms with Gasteiger partial charge in [-0.1, -0.05) is 35.2 Å². The molecule has 4 nitrogen and oxygen atoms in total. The molecule has 0 spiro atoms. The number of hydrogen-bond acceptors (Lipinski definition) is 3.